The second-order valence-electron chi connectivity index (χ2n) is 10.6. The number of hydrogen-bond donors (Lipinski definition) is 0. The summed E-state index contributed by atoms with van der Waals surface area (Å²) in [4.78, 5) is 2.34. The molecule has 0 saturated heterocycles. The maximum absolute atomic E-state index is 2.34. The molecule has 0 amide bonds. The Hall–Kier alpha value is -5.66. The van der Waals surface area contributed by atoms with Crippen molar-refractivity contribution >= 4 is 17.1 Å². The lowest BCUT2D eigenvalue weighted by Crippen LogP contribution is -2.10. The molecule has 0 atom stereocenters. The van der Waals surface area contributed by atoms with Crippen LogP contribution in [0.2, 0.25) is 0 Å². The summed E-state index contributed by atoms with van der Waals surface area (Å²) in [6.07, 6.45) is 0. The van der Waals surface area contributed by atoms with E-state index in [-0.39, 0.29) is 0 Å². The first-order chi connectivity index (χ1) is 21.3. The van der Waals surface area contributed by atoms with Gasteiger partial charge in [0.15, 0.2) is 0 Å². The molecule has 0 unspecified atom stereocenters. The minimum Gasteiger partial charge on any atom is -0.310 e. The van der Waals surface area contributed by atoms with Gasteiger partial charge in [-0.2, -0.15) is 0 Å². The van der Waals surface area contributed by atoms with Crippen molar-refractivity contribution in [1.29, 1.82) is 0 Å². The molecule has 0 aliphatic heterocycles. The molecule has 7 aromatic carbocycles. The number of benzene rings is 7. The van der Waals surface area contributed by atoms with E-state index in [2.05, 4.69) is 193 Å². The lowest BCUT2D eigenvalue weighted by atomic mass is 9.89. The molecule has 0 spiro atoms. The van der Waals surface area contributed by atoms with E-state index in [9.17, 15) is 0 Å². The van der Waals surface area contributed by atoms with E-state index in [4.69, 9.17) is 0 Å². The third-order valence-electron chi connectivity index (χ3n) is 7.90. The fourth-order valence-corrected chi connectivity index (χ4v) is 5.81. The topological polar surface area (TPSA) is 3.24 Å². The largest absolute Gasteiger partial charge is 0.310 e. The smallest absolute Gasteiger partial charge is 0.0468 e. The second-order valence-corrected chi connectivity index (χ2v) is 10.6. The van der Waals surface area contributed by atoms with E-state index in [1.807, 2.05) is 0 Å². The van der Waals surface area contributed by atoms with Gasteiger partial charge in [0.1, 0.15) is 0 Å². The third-order valence-corrected chi connectivity index (χ3v) is 7.90. The van der Waals surface area contributed by atoms with E-state index in [0.29, 0.717) is 0 Å². The fourth-order valence-electron chi connectivity index (χ4n) is 5.81. The summed E-state index contributed by atoms with van der Waals surface area (Å²) in [5.74, 6) is 0. The quantitative estimate of drug-likeness (QED) is 0.191. The monoisotopic (exact) mass is 549 g/mol. The van der Waals surface area contributed by atoms with Crippen molar-refractivity contribution < 1.29 is 0 Å². The number of para-hydroxylation sites is 1. The molecular weight excluding hydrogens is 518 g/mol. The molecule has 0 aliphatic carbocycles. The molecule has 43 heavy (non-hydrogen) atoms. The van der Waals surface area contributed by atoms with Crippen molar-refractivity contribution in [2.45, 2.75) is 0 Å². The van der Waals surface area contributed by atoms with Gasteiger partial charge in [0, 0.05) is 17.1 Å². The highest BCUT2D eigenvalue weighted by Gasteiger charge is 2.18. The average Bonchev–Trinajstić information content (AvgIpc) is 3.10. The Kier molecular flexibility index (Phi) is 7.36. The molecule has 0 bridgehead atoms. The van der Waals surface area contributed by atoms with Crippen LogP contribution in [0.5, 0.6) is 0 Å². The zero-order valence-electron chi connectivity index (χ0n) is 23.8. The van der Waals surface area contributed by atoms with Crippen LogP contribution in [-0.4, -0.2) is 0 Å². The number of rotatable bonds is 7. The summed E-state index contributed by atoms with van der Waals surface area (Å²) < 4.78 is 0. The summed E-state index contributed by atoms with van der Waals surface area (Å²) >= 11 is 0. The molecule has 0 N–H and O–H groups in total. The van der Waals surface area contributed by atoms with Gasteiger partial charge in [-0.05, 0) is 80.9 Å². The van der Waals surface area contributed by atoms with Crippen LogP contribution < -0.4 is 4.90 Å². The molecule has 1 heteroatoms. The van der Waals surface area contributed by atoms with Crippen molar-refractivity contribution in [3.05, 3.63) is 188 Å². The molecule has 0 aromatic heterocycles. The van der Waals surface area contributed by atoms with Crippen molar-refractivity contribution in [3.8, 4) is 44.5 Å². The first-order valence-corrected chi connectivity index (χ1v) is 14.7. The van der Waals surface area contributed by atoms with Gasteiger partial charge in [-0.25, -0.2) is 0 Å². The van der Waals surface area contributed by atoms with E-state index in [0.717, 1.165) is 17.1 Å². The van der Waals surface area contributed by atoms with E-state index >= 15 is 0 Å². The number of nitrogens with zero attached hydrogens (tertiary/aromatic N) is 1. The molecular formula is C42H31N. The molecule has 204 valence electrons. The van der Waals surface area contributed by atoms with Gasteiger partial charge in [-0.15, -0.1) is 0 Å². The molecule has 0 heterocycles. The predicted octanol–water partition coefficient (Wildman–Crippen LogP) is 11.8. The third kappa shape index (κ3) is 5.49. The maximum atomic E-state index is 2.34. The summed E-state index contributed by atoms with van der Waals surface area (Å²) in [7, 11) is 0. The van der Waals surface area contributed by atoms with Gasteiger partial charge in [-0.3, -0.25) is 0 Å². The van der Waals surface area contributed by atoms with Crippen LogP contribution in [0.15, 0.2) is 188 Å². The standard InChI is InChI=1S/C42H31N/c1-5-15-32(16-6-1)33-25-27-37(28-26-33)43(36-21-11-4-12-22-36)38-29-30-41(42(31-38)35-19-9-3-10-20-35)40-24-14-13-23-39(40)34-17-7-2-8-18-34/h1-31H. The summed E-state index contributed by atoms with van der Waals surface area (Å²) in [6, 6.07) is 67.0. The van der Waals surface area contributed by atoms with Gasteiger partial charge >= 0.3 is 0 Å². The Labute approximate surface area is 254 Å². The minimum atomic E-state index is 1.11. The fraction of sp³-hybridized carbons (Fsp3) is 0. The minimum absolute atomic E-state index is 1.11. The van der Waals surface area contributed by atoms with E-state index in [1.54, 1.807) is 0 Å². The summed E-state index contributed by atoms with van der Waals surface area (Å²) in [5, 5.41) is 0. The molecule has 0 fully saturated rings. The van der Waals surface area contributed by atoms with Gasteiger partial charge in [-0.1, -0.05) is 152 Å². The highest BCUT2D eigenvalue weighted by Crippen LogP contribution is 2.43. The molecule has 0 saturated carbocycles. The molecule has 1 nitrogen and oxygen atoms in total. The first kappa shape index (κ1) is 26.3. The molecule has 7 rings (SSSR count). The van der Waals surface area contributed by atoms with Crippen LogP contribution >= 0.6 is 0 Å². The van der Waals surface area contributed by atoms with Crippen LogP contribution in [0.25, 0.3) is 44.5 Å². The van der Waals surface area contributed by atoms with Crippen LogP contribution in [0.3, 0.4) is 0 Å². The van der Waals surface area contributed by atoms with Crippen LogP contribution in [0.4, 0.5) is 17.1 Å². The Morgan fingerprint density at radius 1 is 0.233 bits per heavy atom. The lowest BCUT2D eigenvalue weighted by Gasteiger charge is -2.27. The zero-order valence-corrected chi connectivity index (χ0v) is 23.8. The zero-order chi connectivity index (χ0) is 28.8. The van der Waals surface area contributed by atoms with Crippen molar-refractivity contribution in [3.63, 3.8) is 0 Å². The van der Waals surface area contributed by atoms with Gasteiger partial charge < -0.3 is 4.90 Å². The van der Waals surface area contributed by atoms with Crippen molar-refractivity contribution in [2.24, 2.45) is 0 Å². The van der Waals surface area contributed by atoms with Crippen LogP contribution in [0.1, 0.15) is 0 Å². The molecule has 7 aromatic rings. The van der Waals surface area contributed by atoms with Crippen molar-refractivity contribution in [1.82, 2.24) is 0 Å². The van der Waals surface area contributed by atoms with Gasteiger partial charge in [0.25, 0.3) is 0 Å². The first-order valence-electron chi connectivity index (χ1n) is 14.7. The second kappa shape index (κ2) is 12.1. The summed E-state index contributed by atoms with van der Waals surface area (Å²) in [5.41, 5.74) is 13.0. The normalized spacial score (nSPS) is 10.8. The SMILES string of the molecule is c1ccc(-c2ccc(N(c3ccccc3)c3ccc(-c4ccccc4-c4ccccc4)c(-c4ccccc4)c3)cc2)cc1. The van der Waals surface area contributed by atoms with E-state index < -0.39 is 0 Å². The number of anilines is 3. The molecule has 0 radical (unpaired) electrons. The highest BCUT2D eigenvalue weighted by atomic mass is 15.1. The summed E-state index contributed by atoms with van der Waals surface area (Å²) in [6.45, 7) is 0. The van der Waals surface area contributed by atoms with Gasteiger partial charge in [0.2, 0.25) is 0 Å². The van der Waals surface area contributed by atoms with E-state index in [1.165, 1.54) is 44.5 Å². The van der Waals surface area contributed by atoms with Crippen LogP contribution in [0, 0.1) is 0 Å². The predicted molar refractivity (Wildman–Crippen MR) is 183 cm³/mol. The maximum Gasteiger partial charge on any atom is 0.0468 e. The Morgan fingerprint density at radius 2 is 0.628 bits per heavy atom. The molecule has 0 aliphatic rings. The number of hydrogen-bond acceptors (Lipinski definition) is 1. The Bertz CT molecular complexity index is 1930. The van der Waals surface area contributed by atoms with Crippen LogP contribution in [-0.2, 0) is 0 Å². The Balaban J connectivity index is 1.39. The lowest BCUT2D eigenvalue weighted by molar-refractivity contribution is 1.28. The average molecular weight is 550 g/mol. The van der Waals surface area contributed by atoms with Gasteiger partial charge in [0.05, 0.1) is 0 Å². The highest BCUT2D eigenvalue weighted by molar-refractivity contribution is 5.94. The Morgan fingerprint density at radius 3 is 1.23 bits per heavy atom. The van der Waals surface area contributed by atoms with Crippen molar-refractivity contribution in [2.75, 3.05) is 4.90 Å².